The molecular weight excluding hydrogens is 323 g/mol. The van der Waals surface area contributed by atoms with Crippen molar-refractivity contribution in [1.29, 1.82) is 0 Å². The van der Waals surface area contributed by atoms with Crippen molar-refractivity contribution in [2.24, 2.45) is 0 Å². The molecule has 0 bridgehead atoms. The summed E-state index contributed by atoms with van der Waals surface area (Å²) in [6, 6.07) is 3.19. The van der Waals surface area contributed by atoms with Crippen LogP contribution in [0.15, 0.2) is 22.8 Å². The molecule has 0 fully saturated rings. The maximum atomic E-state index is 13.4. The van der Waals surface area contributed by atoms with Crippen molar-refractivity contribution in [1.82, 2.24) is 20.3 Å². The van der Waals surface area contributed by atoms with Crippen LogP contribution in [-0.4, -0.2) is 20.5 Å². The second kappa shape index (κ2) is 5.61. The van der Waals surface area contributed by atoms with Gasteiger partial charge in [0, 0.05) is 12.1 Å². The zero-order valence-electron chi connectivity index (χ0n) is 12.0. The van der Waals surface area contributed by atoms with Gasteiger partial charge in [-0.25, -0.2) is 9.07 Å². The lowest BCUT2D eigenvalue weighted by molar-refractivity contribution is 0.421. The van der Waals surface area contributed by atoms with Gasteiger partial charge in [0.25, 0.3) is 0 Å². The van der Waals surface area contributed by atoms with Crippen LogP contribution in [0, 0.1) is 12.7 Å². The lowest BCUT2D eigenvalue weighted by atomic mass is 10.1. The van der Waals surface area contributed by atoms with Gasteiger partial charge in [-0.2, -0.15) is 0 Å². The summed E-state index contributed by atoms with van der Waals surface area (Å²) in [5.74, 6) is -0.277. The van der Waals surface area contributed by atoms with Gasteiger partial charge >= 0.3 is 0 Å². The molecule has 0 aliphatic carbocycles. The van der Waals surface area contributed by atoms with Crippen molar-refractivity contribution in [3.63, 3.8) is 0 Å². The Morgan fingerprint density at radius 2 is 2.05 bits per heavy atom. The van der Waals surface area contributed by atoms with Gasteiger partial charge in [-0.05, 0) is 61.3 Å². The average molecular weight is 341 g/mol. The SMILES string of the molecule is Cc1cc(F)c(Br)cc1-n1cc(CNC(C)(C)C)nn1. The first-order chi connectivity index (χ1) is 9.26. The Balaban J connectivity index is 2.23. The summed E-state index contributed by atoms with van der Waals surface area (Å²) in [7, 11) is 0. The molecule has 0 atom stereocenters. The van der Waals surface area contributed by atoms with E-state index in [2.05, 4.69) is 52.3 Å². The van der Waals surface area contributed by atoms with E-state index in [1.807, 2.05) is 13.1 Å². The zero-order valence-corrected chi connectivity index (χ0v) is 13.6. The predicted octanol–water partition coefficient (Wildman–Crippen LogP) is 3.37. The third-order valence-electron chi connectivity index (χ3n) is 2.83. The van der Waals surface area contributed by atoms with Crippen LogP contribution in [0.2, 0.25) is 0 Å². The lowest BCUT2D eigenvalue weighted by Crippen LogP contribution is -2.35. The van der Waals surface area contributed by atoms with Gasteiger partial charge in [0.2, 0.25) is 0 Å². The van der Waals surface area contributed by atoms with Gasteiger partial charge in [-0.1, -0.05) is 5.21 Å². The Kier molecular flexibility index (Phi) is 4.25. The van der Waals surface area contributed by atoms with E-state index in [1.54, 1.807) is 10.7 Å². The molecule has 0 saturated heterocycles. The van der Waals surface area contributed by atoms with Crippen LogP contribution in [-0.2, 0) is 6.54 Å². The summed E-state index contributed by atoms with van der Waals surface area (Å²) in [6.07, 6.45) is 1.85. The summed E-state index contributed by atoms with van der Waals surface area (Å²) < 4.78 is 15.5. The summed E-state index contributed by atoms with van der Waals surface area (Å²) >= 11 is 3.19. The first kappa shape index (κ1) is 15.1. The Morgan fingerprint density at radius 1 is 1.35 bits per heavy atom. The normalized spacial score (nSPS) is 11.9. The number of benzene rings is 1. The van der Waals surface area contributed by atoms with E-state index in [-0.39, 0.29) is 11.4 Å². The minimum Gasteiger partial charge on any atom is -0.306 e. The van der Waals surface area contributed by atoms with E-state index in [0.29, 0.717) is 11.0 Å². The van der Waals surface area contributed by atoms with Crippen molar-refractivity contribution in [3.05, 3.63) is 39.9 Å². The van der Waals surface area contributed by atoms with Crippen molar-refractivity contribution in [2.75, 3.05) is 0 Å². The number of hydrogen-bond donors (Lipinski definition) is 1. The van der Waals surface area contributed by atoms with E-state index in [4.69, 9.17) is 0 Å². The van der Waals surface area contributed by atoms with Gasteiger partial charge < -0.3 is 5.32 Å². The third-order valence-corrected chi connectivity index (χ3v) is 3.43. The fraction of sp³-hybridized carbons (Fsp3) is 0.429. The molecule has 20 heavy (non-hydrogen) atoms. The van der Waals surface area contributed by atoms with E-state index in [9.17, 15) is 4.39 Å². The Labute approximate surface area is 126 Å². The molecule has 1 heterocycles. The highest BCUT2D eigenvalue weighted by Crippen LogP contribution is 2.22. The van der Waals surface area contributed by atoms with Crippen LogP contribution >= 0.6 is 15.9 Å². The maximum Gasteiger partial charge on any atom is 0.137 e. The van der Waals surface area contributed by atoms with Crippen LogP contribution < -0.4 is 5.32 Å². The molecule has 2 rings (SSSR count). The van der Waals surface area contributed by atoms with Gasteiger partial charge in [0.1, 0.15) is 5.82 Å². The minimum absolute atomic E-state index is 0.0264. The largest absolute Gasteiger partial charge is 0.306 e. The summed E-state index contributed by atoms with van der Waals surface area (Å²) in [6.45, 7) is 8.78. The van der Waals surface area contributed by atoms with Crippen molar-refractivity contribution in [2.45, 2.75) is 39.8 Å². The minimum atomic E-state index is -0.277. The van der Waals surface area contributed by atoms with Gasteiger partial charge in [-0.15, -0.1) is 5.10 Å². The number of nitrogens with zero attached hydrogens (tertiary/aromatic N) is 3. The molecule has 2 aromatic rings. The fourth-order valence-electron chi connectivity index (χ4n) is 1.74. The van der Waals surface area contributed by atoms with Crippen molar-refractivity contribution >= 4 is 15.9 Å². The highest BCUT2D eigenvalue weighted by molar-refractivity contribution is 9.10. The molecule has 4 nitrogen and oxygen atoms in total. The molecule has 0 unspecified atom stereocenters. The van der Waals surface area contributed by atoms with Gasteiger partial charge in [-0.3, -0.25) is 0 Å². The number of nitrogens with one attached hydrogen (secondary N) is 1. The van der Waals surface area contributed by atoms with Crippen LogP contribution in [0.25, 0.3) is 5.69 Å². The first-order valence-corrected chi connectivity index (χ1v) is 7.18. The number of hydrogen-bond acceptors (Lipinski definition) is 3. The molecule has 0 aliphatic rings. The standard InChI is InChI=1S/C14H18BrFN4/c1-9-5-12(16)11(15)6-13(9)20-8-10(18-19-20)7-17-14(2,3)4/h5-6,8,17H,7H2,1-4H3. The van der Waals surface area contributed by atoms with Crippen molar-refractivity contribution in [3.8, 4) is 5.69 Å². The number of aryl methyl sites for hydroxylation is 1. The molecule has 0 saturated carbocycles. The molecule has 0 radical (unpaired) electrons. The molecule has 0 amide bonds. The molecule has 1 aromatic carbocycles. The Bertz CT molecular complexity index is 616. The Morgan fingerprint density at radius 3 is 2.70 bits per heavy atom. The smallest absolute Gasteiger partial charge is 0.137 e. The molecule has 0 aliphatic heterocycles. The average Bonchev–Trinajstić information content (AvgIpc) is 2.79. The molecule has 0 spiro atoms. The fourth-order valence-corrected chi connectivity index (χ4v) is 2.07. The van der Waals surface area contributed by atoms with Gasteiger partial charge in [0.15, 0.2) is 0 Å². The van der Waals surface area contributed by atoms with Crippen LogP contribution in [0.4, 0.5) is 4.39 Å². The molecule has 1 aromatic heterocycles. The molecule has 108 valence electrons. The monoisotopic (exact) mass is 340 g/mol. The number of aromatic nitrogens is 3. The highest BCUT2D eigenvalue weighted by Gasteiger charge is 2.12. The number of rotatable bonds is 3. The lowest BCUT2D eigenvalue weighted by Gasteiger charge is -2.19. The molecule has 1 N–H and O–H groups in total. The third kappa shape index (κ3) is 3.64. The Hall–Kier alpha value is -1.27. The highest BCUT2D eigenvalue weighted by atomic mass is 79.9. The van der Waals surface area contributed by atoms with E-state index in [1.165, 1.54) is 6.07 Å². The quantitative estimate of drug-likeness (QED) is 0.931. The van der Waals surface area contributed by atoms with Crippen LogP contribution in [0.5, 0.6) is 0 Å². The summed E-state index contributed by atoms with van der Waals surface area (Å²) in [5, 5.41) is 11.6. The predicted molar refractivity (Wildman–Crippen MR) is 80.3 cm³/mol. The van der Waals surface area contributed by atoms with E-state index in [0.717, 1.165) is 16.9 Å². The number of halogens is 2. The van der Waals surface area contributed by atoms with Gasteiger partial charge in [0.05, 0.1) is 22.1 Å². The topological polar surface area (TPSA) is 42.7 Å². The second-order valence-corrected chi connectivity index (χ2v) is 6.67. The van der Waals surface area contributed by atoms with Crippen LogP contribution in [0.1, 0.15) is 32.0 Å². The van der Waals surface area contributed by atoms with Crippen molar-refractivity contribution < 1.29 is 4.39 Å². The maximum absolute atomic E-state index is 13.4. The summed E-state index contributed by atoms with van der Waals surface area (Å²) in [4.78, 5) is 0. The van der Waals surface area contributed by atoms with E-state index < -0.39 is 0 Å². The summed E-state index contributed by atoms with van der Waals surface area (Å²) in [5.41, 5.74) is 2.50. The molecular formula is C14H18BrFN4. The molecule has 6 heteroatoms. The first-order valence-electron chi connectivity index (χ1n) is 6.38. The second-order valence-electron chi connectivity index (χ2n) is 5.81. The van der Waals surface area contributed by atoms with E-state index >= 15 is 0 Å². The van der Waals surface area contributed by atoms with Crippen LogP contribution in [0.3, 0.4) is 0 Å². The zero-order chi connectivity index (χ0) is 14.9.